The highest BCUT2D eigenvalue weighted by Gasteiger charge is 2.30. The lowest BCUT2D eigenvalue weighted by atomic mass is 10.2. The minimum Gasteiger partial charge on any atom is -0.444 e. The largest absolute Gasteiger partial charge is 0.444 e. The molecule has 1 aliphatic rings. The summed E-state index contributed by atoms with van der Waals surface area (Å²) in [6, 6.07) is 0. The van der Waals surface area contributed by atoms with E-state index < -0.39 is 22.7 Å². The summed E-state index contributed by atoms with van der Waals surface area (Å²) in [6.45, 7) is 5.95. The van der Waals surface area contributed by atoms with Crippen LogP contribution in [0.1, 0.15) is 20.8 Å². The van der Waals surface area contributed by atoms with Gasteiger partial charge in [-0.15, -0.1) is 0 Å². The zero-order chi connectivity index (χ0) is 13.1. The standard InChI is InChI=1S/C10H18N2O5/c1-10(2,3)17-9(13)11-4-5-16-8(6-11)7-12(14)15/h8H,4-7H2,1-3H3. The van der Waals surface area contributed by atoms with E-state index in [1.807, 2.05) is 0 Å². The van der Waals surface area contributed by atoms with Crippen LogP contribution in [0.4, 0.5) is 4.79 Å². The van der Waals surface area contributed by atoms with Gasteiger partial charge in [-0.3, -0.25) is 10.1 Å². The van der Waals surface area contributed by atoms with Crippen molar-refractivity contribution in [2.24, 2.45) is 0 Å². The zero-order valence-electron chi connectivity index (χ0n) is 10.3. The first-order valence-corrected chi connectivity index (χ1v) is 5.49. The summed E-state index contributed by atoms with van der Waals surface area (Å²) in [5.74, 6) is 0. The van der Waals surface area contributed by atoms with E-state index >= 15 is 0 Å². The molecule has 98 valence electrons. The molecule has 0 saturated carbocycles. The van der Waals surface area contributed by atoms with E-state index in [9.17, 15) is 14.9 Å². The van der Waals surface area contributed by atoms with E-state index in [1.165, 1.54) is 4.90 Å². The fraction of sp³-hybridized carbons (Fsp3) is 0.900. The van der Waals surface area contributed by atoms with Crippen LogP contribution in [0, 0.1) is 10.1 Å². The highest BCUT2D eigenvalue weighted by Crippen LogP contribution is 2.13. The molecule has 0 bridgehead atoms. The van der Waals surface area contributed by atoms with Crippen LogP contribution >= 0.6 is 0 Å². The summed E-state index contributed by atoms with van der Waals surface area (Å²) in [7, 11) is 0. The van der Waals surface area contributed by atoms with Crippen molar-refractivity contribution in [2.45, 2.75) is 32.5 Å². The Labute approximate surface area is 99.8 Å². The van der Waals surface area contributed by atoms with Crippen molar-refractivity contribution in [2.75, 3.05) is 26.2 Å². The lowest BCUT2D eigenvalue weighted by Gasteiger charge is -2.32. The summed E-state index contributed by atoms with van der Waals surface area (Å²) in [5, 5.41) is 10.4. The summed E-state index contributed by atoms with van der Waals surface area (Å²) < 4.78 is 10.4. The number of nitro groups is 1. The van der Waals surface area contributed by atoms with Crippen LogP contribution in [0.2, 0.25) is 0 Å². The SMILES string of the molecule is CC(C)(C)OC(=O)N1CCOC(C[N+](=O)[O-])C1. The number of rotatable bonds is 2. The quantitative estimate of drug-likeness (QED) is 0.534. The fourth-order valence-corrected chi connectivity index (χ4v) is 1.49. The molecule has 1 saturated heterocycles. The van der Waals surface area contributed by atoms with Crippen molar-refractivity contribution >= 4 is 6.09 Å². The Hall–Kier alpha value is -1.37. The smallest absolute Gasteiger partial charge is 0.410 e. The van der Waals surface area contributed by atoms with Gasteiger partial charge in [-0.25, -0.2) is 4.79 Å². The molecule has 0 radical (unpaired) electrons. The van der Waals surface area contributed by atoms with Gasteiger partial charge in [0.25, 0.3) is 0 Å². The molecule has 1 unspecified atom stereocenters. The number of ether oxygens (including phenoxy) is 2. The Bertz CT molecular complexity index is 300. The predicted octanol–water partition coefficient (Wildman–Crippen LogP) is 0.899. The molecule has 1 rings (SSSR count). The Kier molecular flexibility index (Phi) is 4.28. The lowest BCUT2D eigenvalue weighted by Crippen LogP contribution is -2.49. The Morgan fingerprint density at radius 3 is 2.76 bits per heavy atom. The van der Waals surface area contributed by atoms with Crippen molar-refractivity contribution < 1.29 is 19.2 Å². The van der Waals surface area contributed by atoms with E-state index in [-0.39, 0.29) is 13.1 Å². The van der Waals surface area contributed by atoms with Gasteiger partial charge in [0.05, 0.1) is 13.2 Å². The maximum atomic E-state index is 11.7. The van der Waals surface area contributed by atoms with Crippen LogP contribution < -0.4 is 0 Å². The molecule has 7 heteroatoms. The lowest BCUT2D eigenvalue weighted by molar-refractivity contribution is -0.492. The van der Waals surface area contributed by atoms with Gasteiger partial charge < -0.3 is 14.4 Å². The van der Waals surface area contributed by atoms with Gasteiger partial charge in [-0.2, -0.15) is 0 Å². The molecule has 0 spiro atoms. The average Bonchev–Trinajstić information content (AvgIpc) is 2.14. The van der Waals surface area contributed by atoms with Crippen molar-refractivity contribution in [1.29, 1.82) is 0 Å². The predicted molar refractivity (Wildman–Crippen MR) is 59.4 cm³/mol. The first kappa shape index (κ1) is 13.7. The number of morpholine rings is 1. The van der Waals surface area contributed by atoms with Crippen molar-refractivity contribution in [1.82, 2.24) is 4.90 Å². The fourth-order valence-electron chi connectivity index (χ4n) is 1.49. The third-order valence-corrected chi connectivity index (χ3v) is 2.14. The monoisotopic (exact) mass is 246 g/mol. The normalized spacial score (nSPS) is 21.1. The highest BCUT2D eigenvalue weighted by molar-refractivity contribution is 5.68. The van der Waals surface area contributed by atoms with Crippen LogP contribution in [-0.4, -0.2) is 53.9 Å². The Balaban J connectivity index is 2.49. The molecule has 0 N–H and O–H groups in total. The second-order valence-electron chi connectivity index (χ2n) is 4.93. The summed E-state index contributed by atoms with van der Waals surface area (Å²) in [5.41, 5.74) is -0.562. The molecule has 0 aromatic rings. The topological polar surface area (TPSA) is 81.9 Å². The van der Waals surface area contributed by atoms with Crippen molar-refractivity contribution in [3.05, 3.63) is 10.1 Å². The Morgan fingerprint density at radius 2 is 2.24 bits per heavy atom. The number of nitrogens with zero attached hydrogens (tertiary/aromatic N) is 2. The maximum absolute atomic E-state index is 11.7. The first-order valence-electron chi connectivity index (χ1n) is 5.49. The van der Waals surface area contributed by atoms with Gasteiger partial charge in [-0.1, -0.05) is 0 Å². The third-order valence-electron chi connectivity index (χ3n) is 2.14. The van der Waals surface area contributed by atoms with E-state index in [2.05, 4.69) is 0 Å². The van der Waals surface area contributed by atoms with Crippen LogP contribution in [0.3, 0.4) is 0 Å². The van der Waals surface area contributed by atoms with Crippen molar-refractivity contribution in [3.63, 3.8) is 0 Å². The van der Waals surface area contributed by atoms with Gasteiger partial charge in [0.2, 0.25) is 6.54 Å². The van der Waals surface area contributed by atoms with E-state index in [4.69, 9.17) is 9.47 Å². The minimum absolute atomic E-state index is 0.204. The summed E-state index contributed by atoms with van der Waals surface area (Å²) in [4.78, 5) is 23.1. The highest BCUT2D eigenvalue weighted by atomic mass is 16.6. The molecule has 0 aliphatic carbocycles. The molecule has 1 fully saturated rings. The number of amides is 1. The number of hydrogen-bond acceptors (Lipinski definition) is 5. The number of hydrogen-bond donors (Lipinski definition) is 0. The second kappa shape index (κ2) is 5.31. The molecular formula is C10H18N2O5. The minimum atomic E-state index is -0.562. The van der Waals surface area contributed by atoms with Crippen molar-refractivity contribution in [3.8, 4) is 0 Å². The molecular weight excluding hydrogens is 228 g/mol. The van der Waals surface area contributed by atoms with E-state index in [1.54, 1.807) is 20.8 Å². The molecule has 1 amide bonds. The van der Waals surface area contributed by atoms with Gasteiger partial charge in [0, 0.05) is 11.5 Å². The van der Waals surface area contributed by atoms with E-state index in [0.29, 0.717) is 13.2 Å². The number of carbonyl (C=O) groups excluding carboxylic acids is 1. The van der Waals surface area contributed by atoms with Crippen LogP contribution in [0.15, 0.2) is 0 Å². The van der Waals surface area contributed by atoms with Crippen LogP contribution in [0.5, 0.6) is 0 Å². The maximum Gasteiger partial charge on any atom is 0.410 e. The second-order valence-corrected chi connectivity index (χ2v) is 4.93. The van der Waals surface area contributed by atoms with E-state index in [0.717, 1.165) is 0 Å². The molecule has 1 aliphatic heterocycles. The average molecular weight is 246 g/mol. The Morgan fingerprint density at radius 1 is 1.59 bits per heavy atom. The molecule has 1 atom stereocenters. The molecule has 7 nitrogen and oxygen atoms in total. The molecule has 0 aromatic carbocycles. The third kappa shape index (κ3) is 4.99. The van der Waals surface area contributed by atoms with Gasteiger partial charge in [-0.05, 0) is 20.8 Å². The first-order chi connectivity index (χ1) is 7.78. The number of carbonyl (C=O) groups is 1. The molecule has 17 heavy (non-hydrogen) atoms. The summed E-state index contributed by atoms with van der Waals surface area (Å²) in [6.07, 6.45) is -1.000. The van der Waals surface area contributed by atoms with Gasteiger partial charge in [0.1, 0.15) is 11.7 Å². The summed E-state index contributed by atoms with van der Waals surface area (Å²) >= 11 is 0. The van der Waals surface area contributed by atoms with Crippen LogP contribution in [0.25, 0.3) is 0 Å². The molecule has 1 heterocycles. The van der Waals surface area contributed by atoms with Crippen LogP contribution in [-0.2, 0) is 9.47 Å². The van der Waals surface area contributed by atoms with Gasteiger partial charge >= 0.3 is 6.09 Å². The van der Waals surface area contributed by atoms with Gasteiger partial charge in [0.15, 0.2) is 0 Å². The molecule has 0 aromatic heterocycles. The zero-order valence-corrected chi connectivity index (χ0v) is 10.3.